The maximum Gasteiger partial charge on any atom is 0.273 e. The maximum atomic E-state index is 12.3. The highest BCUT2D eigenvalue weighted by Crippen LogP contribution is 2.25. The Balaban J connectivity index is 1.24. The fourth-order valence-corrected chi connectivity index (χ4v) is 3.72. The molecule has 30 heavy (non-hydrogen) atoms. The average Bonchev–Trinajstić information content (AvgIpc) is 3.43. The highest BCUT2D eigenvalue weighted by Gasteiger charge is 2.33. The maximum absolute atomic E-state index is 12.3. The van der Waals surface area contributed by atoms with Crippen molar-refractivity contribution in [2.75, 3.05) is 19.6 Å². The van der Waals surface area contributed by atoms with Crippen LogP contribution >= 0.6 is 0 Å². The number of amides is 1. The lowest BCUT2D eigenvalue weighted by atomic mass is 9.91. The van der Waals surface area contributed by atoms with Crippen LogP contribution in [0.4, 0.5) is 0 Å². The lowest BCUT2D eigenvalue weighted by Gasteiger charge is -2.38. The zero-order valence-electron chi connectivity index (χ0n) is 16.9. The lowest BCUT2D eigenvalue weighted by Crippen LogP contribution is -2.46. The topological polar surface area (TPSA) is 101 Å². The predicted octanol–water partition coefficient (Wildman–Crippen LogP) is 0.932. The van der Waals surface area contributed by atoms with Gasteiger partial charge in [0.25, 0.3) is 5.91 Å². The number of benzene rings is 1. The van der Waals surface area contributed by atoms with Crippen molar-refractivity contribution in [3.05, 3.63) is 66.5 Å². The first-order valence-electron chi connectivity index (χ1n) is 10.2. The van der Waals surface area contributed by atoms with Crippen LogP contribution in [0.2, 0.25) is 0 Å². The predicted molar refractivity (Wildman–Crippen MR) is 110 cm³/mol. The van der Waals surface area contributed by atoms with Crippen LogP contribution in [0.1, 0.15) is 28.9 Å². The minimum Gasteiger partial charge on any atom is -0.388 e. The number of nitrogens with zero attached hydrogens (tertiary/aromatic N) is 6. The van der Waals surface area contributed by atoms with Gasteiger partial charge in [0.15, 0.2) is 5.69 Å². The highest BCUT2D eigenvalue weighted by atomic mass is 16.3. The molecule has 0 bridgehead atoms. The molecule has 158 valence electrons. The van der Waals surface area contributed by atoms with E-state index in [9.17, 15) is 9.90 Å². The molecule has 1 aliphatic heterocycles. The van der Waals surface area contributed by atoms with Crippen molar-refractivity contribution in [3.63, 3.8) is 0 Å². The van der Waals surface area contributed by atoms with Gasteiger partial charge < -0.3 is 15.0 Å². The summed E-state index contributed by atoms with van der Waals surface area (Å²) in [7, 11) is 0. The van der Waals surface area contributed by atoms with E-state index in [0.29, 0.717) is 32.5 Å². The van der Waals surface area contributed by atoms with Crippen LogP contribution in [-0.4, -0.2) is 65.7 Å². The Kier molecular flexibility index (Phi) is 6.20. The zero-order chi connectivity index (χ0) is 20.8. The van der Waals surface area contributed by atoms with Crippen LogP contribution in [0.3, 0.4) is 0 Å². The van der Waals surface area contributed by atoms with Crippen LogP contribution in [-0.2, 0) is 19.6 Å². The molecule has 0 atom stereocenters. The van der Waals surface area contributed by atoms with E-state index in [1.165, 1.54) is 5.56 Å². The van der Waals surface area contributed by atoms with E-state index in [4.69, 9.17) is 0 Å². The summed E-state index contributed by atoms with van der Waals surface area (Å²) in [5.41, 5.74) is 0.699. The number of carbonyl (C=O) groups is 1. The molecular formula is C21H27N7O2. The summed E-state index contributed by atoms with van der Waals surface area (Å²) in [6.45, 7) is 3.98. The summed E-state index contributed by atoms with van der Waals surface area (Å²) in [5.74, 6) is -0.272. The van der Waals surface area contributed by atoms with Crippen molar-refractivity contribution in [1.29, 1.82) is 0 Å². The lowest BCUT2D eigenvalue weighted by molar-refractivity contribution is -0.0383. The number of nitrogens with one attached hydrogen (secondary N) is 1. The fourth-order valence-electron chi connectivity index (χ4n) is 3.72. The second-order valence-corrected chi connectivity index (χ2v) is 7.84. The summed E-state index contributed by atoms with van der Waals surface area (Å²) in [6, 6.07) is 10.4. The first-order valence-corrected chi connectivity index (χ1v) is 10.2. The molecule has 0 radical (unpaired) electrons. The minimum atomic E-state index is -0.837. The third-order valence-electron chi connectivity index (χ3n) is 5.48. The van der Waals surface area contributed by atoms with E-state index >= 15 is 0 Å². The van der Waals surface area contributed by atoms with Gasteiger partial charge in [-0.2, -0.15) is 0 Å². The normalized spacial score (nSPS) is 16.4. The van der Waals surface area contributed by atoms with E-state index in [2.05, 4.69) is 37.6 Å². The molecule has 0 saturated carbocycles. The summed E-state index contributed by atoms with van der Waals surface area (Å²) >= 11 is 0. The Bertz CT molecular complexity index is 931. The van der Waals surface area contributed by atoms with Gasteiger partial charge in [-0.1, -0.05) is 35.5 Å². The number of hydrogen-bond donors (Lipinski definition) is 2. The van der Waals surface area contributed by atoms with E-state index in [1.807, 2.05) is 29.0 Å². The van der Waals surface area contributed by atoms with Crippen molar-refractivity contribution in [2.24, 2.45) is 0 Å². The number of imidazole rings is 1. The molecule has 1 fully saturated rings. The first kappa shape index (κ1) is 20.2. The third kappa shape index (κ3) is 5.31. The van der Waals surface area contributed by atoms with Crippen LogP contribution < -0.4 is 5.32 Å². The highest BCUT2D eigenvalue weighted by molar-refractivity contribution is 5.91. The molecule has 9 heteroatoms. The summed E-state index contributed by atoms with van der Waals surface area (Å²) in [5, 5.41) is 21.8. The SMILES string of the molecule is O=C(NCCn1ccnc1)c1cn(CC2(O)CCN(Cc3ccccc3)CC2)nn1. The number of aliphatic hydroxyl groups is 1. The number of piperidine rings is 1. The molecule has 0 aliphatic carbocycles. The molecule has 0 unspecified atom stereocenters. The van der Waals surface area contributed by atoms with Crippen molar-refractivity contribution < 1.29 is 9.90 Å². The molecule has 1 aliphatic rings. The van der Waals surface area contributed by atoms with Crippen LogP contribution in [0, 0.1) is 0 Å². The summed E-state index contributed by atoms with van der Waals surface area (Å²) in [4.78, 5) is 18.6. The molecule has 9 nitrogen and oxygen atoms in total. The smallest absolute Gasteiger partial charge is 0.273 e. The second-order valence-electron chi connectivity index (χ2n) is 7.84. The Morgan fingerprint density at radius 2 is 2.00 bits per heavy atom. The van der Waals surface area contributed by atoms with Gasteiger partial charge in [0.05, 0.1) is 24.7 Å². The molecule has 3 aromatic rings. The summed E-state index contributed by atoms with van der Waals surface area (Å²) in [6.07, 6.45) is 8.16. The van der Waals surface area contributed by atoms with E-state index in [-0.39, 0.29) is 11.6 Å². The molecular weight excluding hydrogens is 382 g/mol. The van der Waals surface area contributed by atoms with Gasteiger partial charge in [0.2, 0.25) is 0 Å². The average molecular weight is 409 g/mol. The molecule has 1 aromatic carbocycles. The third-order valence-corrected chi connectivity index (χ3v) is 5.48. The van der Waals surface area contributed by atoms with Gasteiger partial charge in [-0.05, 0) is 18.4 Å². The van der Waals surface area contributed by atoms with E-state index in [1.54, 1.807) is 23.4 Å². The Hall–Kier alpha value is -3.04. The molecule has 1 amide bonds. The van der Waals surface area contributed by atoms with Gasteiger partial charge in [-0.3, -0.25) is 9.69 Å². The number of aromatic nitrogens is 5. The van der Waals surface area contributed by atoms with E-state index < -0.39 is 5.60 Å². The number of hydrogen-bond acceptors (Lipinski definition) is 6. The van der Waals surface area contributed by atoms with Gasteiger partial charge in [-0.25, -0.2) is 9.67 Å². The molecule has 4 rings (SSSR count). The van der Waals surface area contributed by atoms with Gasteiger partial charge in [0, 0.05) is 45.1 Å². The monoisotopic (exact) mass is 409 g/mol. The van der Waals surface area contributed by atoms with Gasteiger partial charge in [-0.15, -0.1) is 5.10 Å². The van der Waals surface area contributed by atoms with Crippen LogP contribution in [0.25, 0.3) is 0 Å². The standard InChI is InChI=1S/C21H27N7O2/c29-20(23-9-13-27-12-8-22-17-27)19-15-28(25-24-19)16-21(30)6-10-26(11-7-21)14-18-4-2-1-3-5-18/h1-5,8,12,15,17,30H,6-7,9-11,13-14,16H2,(H,23,29). The first-order chi connectivity index (χ1) is 14.6. The van der Waals surface area contributed by atoms with Crippen molar-refractivity contribution in [2.45, 2.75) is 38.1 Å². The number of rotatable bonds is 8. The molecule has 0 spiro atoms. The zero-order valence-corrected chi connectivity index (χ0v) is 16.9. The number of likely N-dealkylation sites (tertiary alicyclic amines) is 1. The van der Waals surface area contributed by atoms with Gasteiger partial charge in [0.1, 0.15) is 0 Å². The van der Waals surface area contributed by atoms with Crippen molar-refractivity contribution in [3.8, 4) is 0 Å². The Morgan fingerprint density at radius 3 is 2.73 bits per heavy atom. The molecule has 2 aromatic heterocycles. The minimum absolute atomic E-state index is 0.255. The molecule has 2 N–H and O–H groups in total. The Morgan fingerprint density at radius 1 is 1.20 bits per heavy atom. The molecule has 1 saturated heterocycles. The Labute approximate surface area is 175 Å². The summed E-state index contributed by atoms with van der Waals surface area (Å²) < 4.78 is 3.45. The second kappa shape index (κ2) is 9.19. The number of carbonyl (C=O) groups excluding carboxylic acids is 1. The van der Waals surface area contributed by atoms with Crippen molar-refractivity contribution >= 4 is 5.91 Å². The quantitative estimate of drug-likeness (QED) is 0.574. The largest absolute Gasteiger partial charge is 0.388 e. The van der Waals surface area contributed by atoms with Crippen LogP contribution in [0.15, 0.2) is 55.2 Å². The van der Waals surface area contributed by atoms with Crippen LogP contribution in [0.5, 0.6) is 0 Å². The van der Waals surface area contributed by atoms with E-state index in [0.717, 1.165) is 19.6 Å². The fraction of sp³-hybridized carbons (Fsp3) is 0.429. The van der Waals surface area contributed by atoms with Gasteiger partial charge >= 0.3 is 0 Å². The molecule has 3 heterocycles. The van der Waals surface area contributed by atoms with Crippen molar-refractivity contribution in [1.82, 2.24) is 34.8 Å².